The van der Waals surface area contributed by atoms with Gasteiger partial charge in [0.2, 0.25) is 0 Å². The van der Waals surface area contributed by atoms with Gasteiger partial charge in [0.05, 0.1) is 0 Å². The van der Waals surface area contributed by atoms with E-state index in [0.717, 1.165) is 27.8 Å². The van der Waals surface area contributed by atoms with Gasteiger partial charge < -0.3 is 10.6 Å². The Morgan fingerprint density at radius 3 is 2.19 bits per heavy atom. The zero-order valence-corrected chi connectivity index (χ0v) is 12.9. The third-order valence-electron chi connectivity index (χ3n) is 3.56. The minimum Gasteiger partial charge on any atom is -0.337 e. The first-order chi connectivity index (χ1) is 10.0. The lowest BCUT2D eigenvalue weighted by atomic mass is 10.0. The van der Waals surface area contributed by atoms with Crippen LogP contribution in [0.5, 0.6) is 0 Å². The highest BCUT2D eigenvalue weighted by Gasteiger charge is 2.14. The van der Waals surface area contributed by atoms with E-state index in [0.29, 0.717) is 13.1 Å². The molecule has 0 fully saturated rings. The lowest BCUT2D eigenvalue weighted by Crippen LogP contribution is -2.27. The van der Waals surface area contributed by atoms with E-state index >= 15 is 0 Å². The van der Waals surface area contributed by atoms with Crippen LogP contribution in [0.25, 0.3) is 0 Å². The minimum absolute atomic E-state index is 0.0358. The molecule has 0 aliphatic carbocycles. The van der Waals surface area contributed by atoms with Gasteiger partial charge in [-0.3, -0.25) is 4.79 Å². The molecule has 2 N–H and O–H groups in total. The van der Waals surface area contributed by atoms with Crippen LogP contribution in [0.15, 0.2) is 42.5 Å². The van der Waals surface area contributed by atoms with Crippen LogP contribution in [-0.4, -0.2) is 17.9 Å². The molecule has 0 aliphatic heterocycles. The summed E-state index contributed by atoms with van der Waals surface area (Å²) >= 11 is 0. The van der Waals surface area contributed by atoms with Crippen LogP contribution in [0.3, 0.4) is 0 Å². The van der Waals surface area contributed by atoms with Crippen LogP contribution in [0.2, 0.25) is 0 Å². The topological polar surface area (TPSA) is 46.3 Å². The fourth-order valence-corrected chi connectivity index (χ4v) is 2.56. The van der Waals surface area contributed by atoms with Crippen molar-refractivity contribution in [3.8, 4) is 0 Å². The quantitative estimate of drug-likeness (QED) is 0.937. The van der Waals surface area contributed by atoms with E-state index in [4.69, 9.17) is 5.73 Å². The Hall–Kier alpha value is -2.13. The van der Waals surface area contributed by atoms with Crippen LogP contribution < -0.4 is 5.73 Å². The van der Waals surface area contributed by atoms with Gasteiger partial charge in [0.25, 0.3) is 5.91 Å². The van der Waals surface area contributed by atoms with Gasteiger partial charge in [0, 0.05) is 25.7 Å². The van der Waals surface area contributed by atoms with Gasteiger partial charge in [-0.1, -0.05) is 41.5 Å². The average Bonchev–Trinajstić information content (AvgIpc) is 2.46. The summed E-state index contributed by atoms with van der Waals surface area (Å²) in [5.41, 5.74) is 10.9. The Bertz CT molecular complexity index is 629. The van der Waals surface area contributed by atoms with Gasteiger partial charge in [0.15, 0.2) is 0 Å². The normalized spacial score (nSPS) is 10.5. The molecule has 2 aromatic rings. The van der Waals surface area contributed by atoms with Gasteiger partial charge in [-0.2, -0.15) is 0 Å². The maximum atomic E-state index is 12.5. The monoisotopic (exact) mass is 282 g/mol. The molecule has 3 nitrogen and oxygen atoms in total. The average molecular weight is 282 g/mol. The Kier molecular flexibility index (Phi) is 4.76. The fourth-order valence-electron chi connectivity index (χ4n) is 2.56. The highest BCUT2D eigenvalue weighted by molar-refractivity contribution is 5.94. The fraction of sp³-hybridized carbons (Fsp3) is 0.278. The lowest BCUT2D eigenvalue weighted by Gasteiger charge is -2.19. The molecule has 0 aromatic heterocycles. The van der Waals surface area contributed by atoms with Gasteiger partial charge in [-0.05, 0) is 37.1 Å². The molecule has 0 bridgehead atoms. The Morgan fingerprint density at radius 1 is 1.05 bits per heavy atom. The molecular weight excluding hydrogens is 260 g/mol. The van der Waals surface area contributed by atoms with E-state index in [9.17, 15) is 4.79 Å². The molecule has 2 aromatic carbocycles. The molecule has 0 atom stereocenters. The van der Waals surface area contributed by atoms with Crippen LogP contribution in [0, 0.1) is 13.8 Å². The maximum absolute atomic E-state index is 12.5. The molecule has 110 valence electrons. The maximum Gasteiger partial charge on any atom is 0.253 e. The third-order valence-corrected chi connectivity index (χ3v) is 3.56. The second kappa shape index (κ2) is 6.55. The van der Waals surface area contributed by atoms with E-state index in [1.54, 1.807) is 4.90 Å². The molecule has 0 aliphatic rings. The molecule has 1 amide bonds. The lowest BCUT2D eigenvalue weighted by molar-refractivity contribution is 0.0784. The third kappa shape index (κ3) is 3.70. The molecule has 0 saturated carbocycles. The number of nitrogens with two attached hydrogens (primary N) is 1. The summed E-state index contributed by atoms with van der Waals surface area (Å²) in [5, 5.41) is 0. The van der Waals surface area contributed by atoms with Crippen molar-refractivity contribution in [1.29, 1.82) is 0 Å². The van der Waals surface area contributed by atoms with Crippen molar-refractivity contribution in [1.82, 2.24) is 4.90 Å². The summed E-state index contributed by atoms with van der Waals surface area (Å²) in [6, 6.07) is 13.9. The first-order valence-corrected chi connectivity index (χ1v) is 7.12. The van der Waals surface area contributed by atoms with E-state index in [2.05, 4.69) is 6.07 Å². The standard InChI is InChI=1S/C18H22N2O/c1-13-8-14(2)10-17(9-13)18(21)20(3)12-16-7-5-4-6-15(16)11-19/h4-10H,11-12,19H2,1-3H3. The van der Waals surface area contributed by atoms with E-state index in [1.807, 2.05) is 57.3 Å². The molecule has 0 heterocycles. The zero-order chi connectivity index (χ0) is 15.4. The van der Waals surface area contributed by atoms with Gasteiger partial charge >= 0.3 is 0 Å². The minimum atomic E-state index is 0.0358. The molecule has 0 saturated heterocycles. The smallest absolute Gasteiger partial charge is 0.253 e. The van der Waals surface area contributed by atoms with E-state index < -0.39 is 0 Å². The Morgan fingerprint density at radius 2 is 1.62 bits per heavy atom. The van der Waals surface area contributed by atoms with Crippen molar-refractivity contribution in [3.63, 3.8) is 0 Å². The Labute approximate surface area is 126 Å². The van der Waals surface area contributed by atoms with Gasteiger partial charge in [0.1, 0.15) is 0 Å². The molecule has 0 radical (unpaired) electrons. The number of amides is 1. The predicted molar refractivity (Wildman–Crippen MR) is 86.0 cm³/mol. The first-order valence-electron chi connectivity index (χ1n) is 7.12. The molecular formula is C18H22N2O. The Balaban J connectivity index is 2.19. The highest BCUT2D eigenvalue weighted by atomic mass is 16.2. The number of carbonyl (C=O) groups excluding carboxylic acids is 1. The largest absolute Gasteiger partial charge is 0.337 e. The second-order valence-electron chi connectivity index (χ2n) is 5.51. The van der Waals surface area contributed by atoms with E-state index in [-0.39, 0.29) is 5.91 Å². The molecule has 2 rings (SSSR count). The van der Waals surface area contributed by atoms with Crippen LogP contribution >= 0.6 is 0 Å². The summed E-state index contributed by atoms with van der Waals surface area (Å²) in [6.45, 7) is 5.07. The highest BCUT2D eigenvalue weighted by Crippen LogP contribution is 2.15. The summed E-state index contributed by atoms with van der Waals surface area (Å²) < 4.78 is 0. The molecule has 21 heavy (non-hydrogen) atoms. The van der Waals surface area contributed by atoms with Crippen LogP contribution in [0.1, 0.15) is 32.6 Å². The molecule has 0 spiro atoms. The van der Waals surface area contributed by atoms with Crippen molar-refractivity contribution in [2.45, 2.75) is 26.9 Å². The van der Waals surface area contributed by atoms with Crippen LogP contribution in [-0.2, 0) is 13.1 Å². The molecule has 3 heteroatoms. The first kappa shape index (κ1) is 15.3. The predicted octanol–water partition coefficient (Wildman–Crippen LogP) is 3.03. The number of carbonyl (C=O) groups is 1. The van der Waals surface area contributed by atoms with E-state index in [1.165, 1.54) is 0 Å². The number of hydrogen-bond acceptors (Lipinski definition) is 2. The number of rotatable bonds is 4. The van der Waals surface area contributed by atoms with Crippen molar-refractivity contribution < 1.29 is 4.79 Å². The zero-order valence-electron chi connectivity index (χ0n) is 12.9. The summed E-state index contributed by atoms with van der Waals surface area (Å²) in [4.78, 5) is 14.3. The van der Waals surface area contributed by atoms with Crippen molar-refractivity contribution in [3.05, 3.63) is 70.3 Å². The molecule has 0 unspecified atom stereocenters. The second-order valence-corrected chi connectivity index (χ2v) is 5.51. The van der Waals surface area contributed by atoms with Crippen molar-refractivity contribution >= 4 is 5.91 Å². The number of benzene rings is 2. The number of nitrogens with zero attached hydrogens (tertiary/aromatic N) is 1. The summed E-state index contributed by atoms with van der Waals surface area (Å²) in [6.07, 6.45) is 0. The SMILES string of the molecule is Cc1cc(C)cc(C(=O)N(C)Cc2ccccc2CN)c1. The summed E-state index contributed by atoms with van der Waals surface area (Å²) in [7, 11) is 1.83. The number of aryl methyl sites for hydroxylation is 2. The van der Waals surface area contributed by atoms with Crippen molar-refractivity contribution in [2.24, 2.45) is 5.73 Å². The van der Waals surface area contributed by atoms with Gasteiger partial charge in [-0.25, -0.2) is 0 Å². The van der Waals surface area contributed by atoms with Gasteiger partial charge in [-0.15, -0.1) is 0 Å². The number of hydrogen-bond donors (Lipinski definition) is 1. The van der Waals surface area contributed by atoms with Crippen molar-refractivity contribution in [2.75, 3.05) is 7.05 Å². The van der Waals surface area contributed by atoms with Crippen LogP contribution in [0.4, 0.5) is 0 Å². The summed E-state index contributed by atoms with van der Waals surface area (Å²) in [5.74, 6) is 0.0358.